The summed E-state index contributed by atoms with van der Waals surface area (Å²) in [6.07, 6.45) is 6.09. The Morgan fingerprint density at radius 1 is 0.621 bits per heavy atom. The third-order valence-corrected chi connectivity index (χ3v) is 13.4. The molecule has 1 unspecified atom stereocenters. The zero-order valence-corrected chi connectivity index (χ0v) is 34.0. The molecule has 4 aromatic rings. The SMILES string of the molecule is CN[C@@H](C)C(=O)NC1CCCC[C@H](NC(=O)[C@H](C)NC)C(=O)N2CCC[C@H]2Cc2c3n(c4cc(F)ccc24)CCn2c-3c(c3ccc(F)cc32)C[C@@H]2CCCN2C1=O. The normalized spacial score (nSPS) is 23.9. The van der Waals surface area contributed by atoms with E-state index in [0.29, 0.717) is 64.7 Å². The first-order valence-electron chi connectivity index (χ1n) is 21.2. The third-order valence-electron chi connectivity index (χ3n) is 13.4. The first-order valence-corrected chi connectivity index (χ1v) is 21.2. The Hall–Kier alpha value is -4.82. The van der Waals surface area contributed by atoms with Crippen LogP contribution in [0.3, 0.4) is 0 Å². The third kappa shape index (κ3) is 7.27. The van der Waals surface area contributed by atoms with E-state index in [1.54, 1.807) is 40.1 Å². The standard InChI is InChI=1S/C44H56F2N8O4/c1-25(47-3)41(55)49-35-11-5-6-12-36(50-42(56)26(2)48-4)44(58)52-18-8-10-30(52)24-34-32-16-14-28(46)22-38(32)54-20-19-53-37-21-27(45)13-15-31(37)33(39(53)40(34)54)23-29-9-7-17-51(29)43(35)57/h13-16,21-22,25-26,29-30,35-36,47-48H,5-12,17-20,23-24H2,1-4H3,(H,49,55)(H,50,56)/t25-,26-,29-,30-,35-,36?/m0/s1. The van der Waals surface area contributed by atoms with Crippen molar-refractivity contribution in [2.24, 2.45) is 0 Å². The molecule has 4 aliphatic heterocycles. The van der Waals surface area contributed by atoms with Crippen molar-refractivity contribution < 1.29 is 28.0 Å². The summed E-state index contributed by atoms with van der Waals surface area (Å²) in [7, 11) is 3.40. The molecule has 0 aliphatic carbocycles. The van der Waals surface area contributed by atoms with E-state index in [1.807, 2.05) is 21.9 Å². The van der Waals surface area contributed by atoms with E-state index in [1.165, 1.54) is 12.1 Å². The van der Waals surface area contributed by atoms with Gasteiger partial charge in [-0.15, -0.1) is 0 Å². The van der Waals surface area contributed by atoms with Gasteiger partial charge in [-0.3, -0.25) is 19.2 Å². The number of aryl methyl sites for hydroxylation is 2. The average molecular weight is 799 g/mol. The van der Waals surface area contributed by atoms with Crippen LogP contribution in [0.15, 0.2) is 36.4 Å². The summed E-state index contributed by atoms with van der Waals surface area (Å²) in [5.41, 5.74) is 5.45. The van der Waals surface area contributed by atoms with E-state index >= 15 is 8.78 Å². The van der Waals surface area contributed by atoms with E-state index in [-0.39, 0.29) is 47.3 Å². The first kappa shape index (κ1) is 40.0. The van der Waals surface area contributed by atoms with Gasteiger partial charge in [0.1, 0.15) is 23.7 Å². The molecule has 4 amide bonds. The van der Waals surface area contributed by atoms with Crippen LogP contribution in [0.2, 0.25) is 0 Å². The van der Waals surface area contributed by atoms with Crippen LogP contribution in [0.1, 0.15) is 76.3 Å². The lowest BCUT2D eigenvalue weighted by Gasteiger charge is -2.32. The largest absolute Gasteiger partial charge is 0.343 e. The van der Waals surface area contributed by atoms with E-state index < -0.39 is 24.2 Å². The topological polar surface area (TPSA) is 133 Å². The predicted molar refractivity (Wildman–Crippen MR) is 219 cm³/mol. The summed E-state index contributed by atoms with van der Waals surface area (Å²) in [6.45, 7) is 5.70. The van der Waals surface area contributed by atoms with Crippen LogP contribution >= 0.6 is 0 Å². The maximum absolute atomic E-state index is 15.1. The van der Waals surface area contributed by atoms with E-state index in [9.17, 15) is 19.2 Å². The Kier molecular flexibility index (Phi) is 11.3. The van der Waals surface area contributed by atoms with Gasteiger partial charge in [0.2, 0.25) is 23.6 Å². The van der Waals surface area contributed by atoms with Crippen molar-refractivity contribution in [3.05, 3.63) is 59.2 Å². The van der Waals surface area contributed by atoms with Crippen LogP contribution in [0.4, 0.5) is 8.78 Å². The molecule has 0 bridgehead atoms. The second-order valence-corrected chi connectivity index (χ2v) is 16.8. The van der Waals surface area contributed by atoms with Crippen LogP contribution in [0.5, 0.6) is 0 Å². The minimum absolute atomic E-state index is 0.141. The van der Waals surface area contributed by atoms with Gasteiger partial charge < -0.3 is 40.2 Å². The van der Waals surface area contributed by atoms with Crippen LogP contribution in [-0.4, -0.2) is 106 Å². The molecule has 6 atom stereocenters. The summed E-state index contributed by atoms with van der Waals surface area (Å²) in [5, 5.41) is 13.9. The summed E-state index contributed by atoms with van der Waals surface area (Å²) in [6, 6.07) is 6.92. The predicted octanol–water partition coefficient (Wildman–Crippen LogP) is 4.38. The summed E-state index contributed by atoms with van der Waals surface area (Å²) < 4.78 is 34.6. The van der Waals surface area contributed by atoms with Crippen molar-refractivity contribution in [1.29, 1.82) is 0 Å². The number of aromatic nitrogens is 2. The Morgan fingerprint density at radius 2 is 1.03 bits per heavy atom. The van der Waals surface area contributed by atoms with Crippen LogP contribution in [0.25, 0.3) is 33.2 Å². The highest BCUT2D eigenvalue weighted by Gasteiger charge is 2.40. The van der Waals surface area contributed by atoms with Gasteiger partial charge in [-0.05, 0) is 127 Å². The molecule has 0 spiro atoms. The summed E-state index contributed by atoms with van der Waals surface area (Å²) in [4.78, 5) is 59.8. The number of hydrogen-bond donors (Lipinski definition) is 4. The molecule has 8 rings (SSSR count). The first-order chi connectivity index (χ1) is 28.0. The molecule has 2 saturated heterocycles. The fourth-order valence-electron chi connectivity index (χ4n) is 10.0. The van der Waals surface area contributed by atoms with Crippen LogP contribution in [0, 0.1) is 11.6 Å². The van der Waals surface area contributed by atoms with Crippen molar-refractivity contribution in [3.8, 4) is 11.4 Å². The second kappa shape index (κ2) is 16.4. The van der Waals surface area contributed by atoms with Gasteiger partial charge in [0.15, 0.2) is 0 Å². The number of hydrogen-bond acceptors (Lipinski definition) is 6. The number of carbonyl (C=O) groups is 4. The molecular weight excluding hydrogens is 743 g/mol. The van der Waals surface area contributed by atoms with Gasteiger partial charge in [0.25, 0.3) is 0 Å². The molecule has 2 fully saturated rings. The van der Waals surface area contributed by atoms with Crippen molar-refractivity contribution in [2.75, 3.05) is 27.2 Å². The van der Waals surface area contributed by atoms with Crippen molar-refractivity contribution in [3.63, 3.8) is 0 Å². The molecule has 0 saturated carbocycles. The number of fused-ring (bicyclic) bond motifs is 8. The minimum atomic E-state index is -0.781. The van der Waals surface area contributed by atoms with Gasteiger partial charge in [-0.2, -0.15) is 0 Å². The number of rotatable bonds is 6. The fraction of sp³-hybridized carbons (Fsp3) is 0.545. The molecular formula is C44H56F2N8O4. The van der Waals surface area contributed by atoms with Crippen LogP contribution in [-0.2, 0) is 45.1 Å². The van der Waals surface area contributed by atoms with Gasteiger partial charge in [0.05, 0.1) is 34.5 Å². The monoisotopic (exact) mass is 798 g/mol. The lowest BCUT2D eigenvalue weighted by Crippen LogP contribution is -2.54. The molecule has 2 aromatic heterocycles. The highest BCUT2D eigenvalue weighted by atomic mass is 19.1. The second-order valence-electron chi connectivity index (χ2n) is 16.8. The Bertz CT molecular complexity index is 2090. The highest BCUT2D eigenvalue weighted by Crippen LogP contribution is 2.45. The van der Waals surface area contributed by atoms with E-state index in [0.717, 1.165) is 70.0 Å². The lowest BCUT2D eigenvalue weighted by molar-refractivity contribution is -0.138. The maximum Gasteiger partial charge on any atom is 0.245 e. The molecule has 6 heterocycles. The summed E-state index contributed by atoms with van der Waals surface area (Å²) >= 11 is 0. The maximum atomic E-state index is 15.1. The van der Waals surface area contributed by atoms with Crippen LogP contribution < -0.4 is 21.3 Å². The average Bonchev–Trinajstić information content (AvgIpc) is 4.01. The van der Waals surface area contributed by atoms with Gasteiger partial charge >= 0.3 is 0 Å². The smallest absolute Gasteiger partial charge is 0.245 e. The Morgan fingerprint density at radius 3 is 1.43 bits per heavy atom. The molecule has 12 nitrogen and oxygen atoms in total. The quantitative estimate of drug-likeness (QED) is 0.229. The highest BCUT2D eigenvalue weighted by molar-refractivity contribution is 5.98. The van der Waals surface area contributed by atoms with Gasteiger partial charge in [-0.1, -0.05) is 12.8 Å². The van der Waals surface area contributed by atoms with E-state index in [2.05, 4.69) is 30.4 Å². The Labute approximate surface area is 338 Å². The number of carbonyl (C=O) groups excluding carboxylic acids is 4. The van der Waals surface area contributed by atoms with Crippen molar-refractivity contribution >= 4 is 45.4 Å². The number of halogens is 2. The zero-order valence-electron chi connectivity index (χ0n) is 34.0. The fourth-order valence-corrected chi connectivity index (χ4v) is 10.0. The van der Waals surface area contributed by atoms with Crippen molar-refractivity contribution in [2.45, 2.75) is 127 Å². The lowest BCUT2D eigenvalue weighted by atomic mass is 9.94. The zero-order chi connectivity index (χ0) is 40.8. The van der Waals surface area contributed by atoms with E-state index in [4.69, 9.17) is 0 Å². The number of nitrogens with one attached hydrogen (secondary N) is 4. The molecule has 4 aliphatic rings. The molecule has 0 radical (unpaired) electrons. The van der Waals surface area contributed by atoms with Gasteiger partial charge in [-0.25, -0.2) is 8.78 Å². The molecule has 14 heteroatoms. The molecule has 2 aromatic carbocycles. The number of nitrogens with zero attached hydrogens (tertiary/aromatic N) is 4. The van der Waals surface area contributed by atoms with Crippen molar-refractivity contribution in [1.82, 2.24) is 40.2 Å². The molecule has 58 heavy (non-hydrogen) atoms. The molecule has 310 valence electrons. The summed E-state index contributed by atoms with van der Waals surface area (Å²) in [5.74, 6) is -1.50. The minimum Gasteiger partial charge on any atom is -0.343 e. The number of benzene rings is 2. The number of amides is 4. The van der Waals surface area contributed by atoms with Gasteiger partial charge in [0, 0.05) is 49.0 Å². The Balaban J connectivity index is 1.29. The molecule has 4 N–H and O–H groups in total. The number of likely N-dealkylation sites (N-methyl/N-ethyl adjacent to an activating group) is 2.